The Bertz CT molecular complexity index is 371. The van der Waals surface area contributed by atoms with Gasteiger partial charge in [-0.2, -0.15) is 0 Å². The number of benzene rings is 1. The van der Waals surface area contributed by atoms with Gasteiger partial charge in [0.25, 0.3) is 0 Å². The molecule has 0 spiro atoms. The molecule has 0 bridgehead atoms. The van der Waals surface area contributed by atoms with E-state index in [2.05, 4.69) is 69.1 Å². The third-order valence-corrected chi connectivity index (χ3v) is 4.08. The molecule has 2 unspecified atom stereocenters. The van der Waals surface area contributed by atoms with E-state index in [1.165, 1.54) is 30.5 Å². The van der Waals surface area contributed by atoms with Crippen LogP contribution < -0.4 is 5.32 Å². The highest BCUT2D eigenvalue weighted by Gasteiger charge is 2.10. The van der Waals surface area contributed by atoms with Crippen LogP contribution in [0.15, 0.2) is 24.3 Å². The number of rotatable bonds is 9. The highest BCUT2D eigenvalue weighted by Crippen LogP contribution is 2.15. The van der Waals surface area contributed by atoms with E-state index in [9.17, 15) is 0 Å². The molecule has 2 nitrogen and oxygen atoms in total. The zero-order valence-corrected chi connectivity index (χ0v) is 13.9. The largest absolute Gasteiger partial charge is 0.308 e. The summed E-state index contributed by atoms with van der Waals surface area (Å²) in [7, 11) is 0. The van der Waals surface area contributed by atoms with Gasteiger partial charge < -0.3 is 10.2 Å². The standard InChI is InChI=1S/C18H32N2/c1-6-20(7-2)13-9-11-16(4)19-17(5)18-12-8-10-15(3)14-18/h8,10,12,14,16-17,19H,6-7,9,11,13H2,1-5H3. The van der Waals surface area contributed by atoms with Gasteiger partial charge in [-0.25, -0.2) is 0 Å². The molecule has 0 saturated heterocycles. The Hall–Kier alpha value is -0.860. The van der Waals surface area contributed by atoms with Crippen molar-refractivity contribution in [3.05, 3.63) is 35.4 Å². The molecular weight excluding hydrogens is 244 g/mol. The molecule has 0 aliphatic heterocycles. The summed E-state index contributed by atoms with van der Waals surface area (Å²) in [5.74, 6) is 0. The van der Waals surface area contributed by atoms with Crippen molar-refractivity contribution in [2.45, 2.75) is 59.5 Å². The van der Waals surface area contributed by atoms with E-state index in [1.807, 2.05) is 0 Å². The molecule has 1 aromatic rings. The van der Waals surface area contributed by atoms with Crippen molar-refractivity contribution in [2.75, 3.05) is 19.6 Å². The van der Waals surface area contributed by atoms with E-state index >= 15 is 0 Å². The van der Waals surface area contributed by atoms with E-state index in [0.29, 0.717) is 12.1 Å². The minimum absolute atomic E-state index is 0.429. The minimum atomic E-state index is 0.429. The SMILES string of the molecule is CCN(CC)CCCC(C)NC(C)c1cccc(C)c1. The van der Waals surface area contributed by atoms with E-state index in [1.54, 1.807) is 0 Å². The molecule has 20 heavy (non-hydrogen) atoms. The van der Waals surface area contributed by atoms with Crippen molar-refractivity contribution < 1.29 is 0 Å². The molecule has 2 atom stereocenters. The lowest BCUT2D eigenvalue weighted by Gasteiger charge is -2.23. The average molecular weight is 276 g/mol. The monoisotopic (exact) mass is 276 g/mol. The Labute approximate surface area is 125 Å². The van der Waals surface area contributed by atoms with Gasteiger partial charge in [0.05, 0.1) is 0 Å². The summed E-state index contributed by atoms with van der Waals surface area (Å²) in [5, 5.41) is 3.71. The summed E-state index contributed by atoms with van der Waals surface area (Å²) in [6, 6.07) is 9.80. The predicted octanol–water partition coefficient (Wildman–Crippen LogP) is 4.16. The van der Waals surface area contributed by atoms with Crippen LogP contribution in [0.4, 0.5) is 0 Å². The zero-order valence-electron chi connectivity index (χ0n) is 13.9. The lowest BCUT2D eigenvalue weighted by atomic mass is 10.0. The molecule has 114 valence electrons. The van der Waals surface area contributed by atoms with Crippen LogP contribution in [-0.4, -0.2) is 30.6 Å². The summed E-state index contributed by atoms with van der Waals surface area (Å²) in [4.78, 5) is 2.50. The summed E-state index contributed by atoms with van der Waals surface area (Å²) < 4.78 is 0. The molecule has 2 heteroatoms. The number of hydrogen-bond donors (Lipinski definition) is 1. The zero-order chi connectivity index (χ0) is 15.0. The number of nitrogens with zero attached hydrogens (tertiary/aromatic N) is 1. The molecule has 0 heterocycles. The van der Waals surface area contributed by atoms with Crippen molar-refractivity contribution in [1.29, 1.82) is 0 Å². The van der Waals surface area contributed by atoms with Crippen LogP contribution in [0.3, 0.4) is 0 Å². The van der Waals surface area contributed by atoms with Crippen LogP contribution in [0.2, 0.25) is 0 Å². The maximum absolute atomic E-state index is 3.71. The molecule has 0 aromatic heterocycles. The molecule has 0 radical (unpaired) electrons. The second-order valence-electron chi connectivity index (χ2n) is 5.87. The lowest BCUT2D eigenvalue weighted by Crippen LogP contribution is -2.30. The fourth-order valence-corrected chi connectivity index (χ4v) is 2.71. The average Bonchev–Trinajstić information content (AvgIpc) is 2.43. The lowest BCUT2D eigenvalue weighted by molar-refractivity contribution is 0.288. The first kappa shape index (κ1) is 17.2. The quantitative estimate of drug-likeness (QED) is 0.728. The van der Waals surface area contributed by atoms with Gasteiger partial charge in [0, 0.05) is 12.1 Å². The summed E-state index contributed by atoms with van der Waals surface area (Å²) in [5.41, 5.74) is 2.73. The van der Waals surface area contributed by atoms with E-state index < -0.39 is 0 Å². The second-order valence-corrected chi connectivity index (χ2v) is 5.87. The highest BCUT2D eigenvalue weighted by molar-refractivity contribution is 5.24. The van der Waals surface area contributed by atoms with Crippen LogP contribution >= 0.6 is 0 Å². The molecule has 0 aliphatic rings. The maximum Gasteiger partial charge on any atom is 0.0294 e. The van der Waals surface area contributed by atoms with Gasteiger partial charge in [0.1, 0.15) is 0 Å². The van der Waals surface area contributed by atoms with Crippen molar-refractivity contribution in [2.24, 2.45) is 0 Å². The Kier molecular flexibility index (Phi) is 7.86. The summed E-state index contributed by atoms with van der Waals surface area (Å²) in [6.45, 7) is 14.7. The van der Waals surface area contributed by atoms with Gasteiger partial charge in [0.2, 0.25) is 0 Å². The first-order valence-electron chi connectivity index (χ1n) is 8.11. The number of nitrogens with one attached hydrogen (secondary N) is 1. The number of aryl methyl sites for hydroxylation is 1. The number of hydrogen-bond acceptors (Lipinski definition) is 2. The fourth-order valence-electron chi connectivity index (χ4n) is 2.71. The van der Waals surface area contributed by atoms with Gasteiger partial charge in [-0.1, -0.05) is 43.7 Å². The molecular formula is C18H32N2. The molecule has 1 N–H and O–H groups in total. The van der Waals surface area contributed by atoms with Gasteiger partial charge in [-0.15, -0.1) is 0 Å². The Balaban J connectivity index is 2.33. The van der Waals surface area contributed by atoms with Crippen LogP contribution in [-0.2, 0) is 0 Å². The summed E-state index contributed by atoms with van der Waals surface area (Å²) in [6.07, 6.45) is 2.52. The van der Waals surface area contributed by atoms with E-state index in [-0.39, 0.29) is 0 Å². The van der Waals surface area contributed by atoms with Crippen molar-refractivity contribution in [3.8, 4) is 0 Å². The first-order valence-corrected chi connectivity index (χ1v) is 8.11. The van der Waals surface area contributed by atoms with Crippen molar-refractivity contribution in [3.63, 3.8) is 0 Å². The van der Waals surface area contributed by atoms with E-state index in [0.717, 1.165) is 13.1 Å². The van der Waals surface area contributed by atoms with Crippen LogP contribution in [0.25, 0.3) is 0 Å². The normalized spacial score (nSPS) is 14.5. The first-order chi connectivity index (χ1) is 9.56. The van der Waals surface area contributed by atoms with Gasteiger partial charge in [-0.05, 0) is 58.8 Å². The van der Waals surface area contributed by atoms with Gasteiger partial charge in [-0.3, -0.25) is 0 Å². The summed E-state index contributed by atoms with van der Waals surface area (Å²) >= 11 is 0. The second kappa shape index (κ2) is 9.15. The fraction of sp³-hybridized carbons (Fsp3) is 0.667. The van der Waals surface area contributed by atoms with Crippen molar-refractivity contribution in [1.82, 2.24) is 10.2 Å². The molecule has 0 aliphatic carbocycles. The highest BCUT2D eigenvalue weighted by atomic mass is 15.1. The van der Waals surface area contributed by atoms with Crippen LogP contribution in [0.1, 0.15) is 57.7 Å². The predicted molar refractivity (Wildman–Crippen MR) is 89.2 cm³/mol. The Morgan fingerprint density at radius 1 is 1.15 bits per heavy atom. The van der Waals surface area contributed by atoms with Gasteiger partial charge >= 0.3 is 0 Å². The van der Waals surface area contributed by atoms with Crippen LogP contribution in [0, 0.1) is 6.92 Å². The molecule has 0 saturated carbocycles. The van der Waals surface area contributed by atoms with E-state index in [4.69, 9.17) is 0 Å². The minimum Gasteiger partial charge on any atom is -0.308 e. The van der Waals surface area contributed by atoms with Crippen molar-refractivity contribution >= 4 is 0 Å². The Morgan fingerprint density at radius 2 is 1.85 bits per heavy atom. The third kappa shape index (κ3) is 6.06. The maximum atomic E-state index is 3.71. The Morgan fingerprint density at radius 3 is 2.45 bits per heavy atom. The van der Waals surface area contributed by atoms with Gasteiger partial charge in [0.15, 0.2) is 0 Å². The third-order valence-electron chi connectivity index (χ3n) is 4.08. The molecule has 1 aromatic carbocycles. The topological polar surface area (TPSA) is 15.3 Å². The molecule has 0 amide bonds. The van der Waals surface area contributed by atoms with Crippen LogP contribution in [0.5, 0.6) is 0 Å². The molecule has 1 rings (SSSR count). The smallest absolute Gasteiger partial charge is 0.0294 e. The molecule has 0 fully saturated rings.